The van der Waals surface area contributed by atoms with Crippen LogP contribution < -0.4 is 11.1 Å². The summed E-state index contributed by atoms with van der Waals surface area (Å²) in [5.74, 6) is 0. The molecule has 3 heteroatoms. The first-order chi connectivity index (χ1) is 4.41. The Morgan fingerprint density at radius 1 is 1.56 bits per heavy atom. The van der Waals surface area contributed by atoms with Crippen LogP contribution in [-0.2, 0) is 4.79 Å². The first-order valence-corrected chi connectivity index (χ1v) is 2.62. The largest absolute Gasteiger partial charge is 0.387 e. The van der Waals surface area contributed by atoms with Gasteiger partial charge in [-0.15, -0.1) is 0 Å². The summed E-state index contributed by atoms with van der Waals surface area (Å²) in [6.45, 7) is 0.983. The highest BCUT2D eigenvalue weighted by molar-refractivity contribution is 5.42. The smallest absolute Gasteiger partial charge is 0.204 e. The Labute approximate surface area is 54.2 Å². The van der Waals surface area contributed by atoms with Gasteiger partial charge in [-0.05, 0) is 12.3 Å². The normalized spacial score (nSPS) is 12.9. The van der Waals surface area contributed by atoms with E-state index in [1.165, 1.54) is 0 Å². The molecule has 0 saturated heterocycles. The molecule has 50 valence electrons. The molecule has 0 radical (unpaired) electrons. The Morgan fingerprint density at radius 3 is 2.33 bits per heavy atom. The van der Waals surface area contributed by atoms with Gasteiger partial charge in [0.25, 0.3) is 0 Å². The number of hydrogen-bond donors (Lipinski definition) is 2. The zero-order valence-electron chi connectivity index (χ0n) is 5.08. The van der Waals surface area contributed by atoms with Gasteiger partial charge < -0.3 is 11.1 Å². The van der Waals surface area contributed by atoms with Crippen LogP contribution in [0.2, 0.25) is 0 Å². The number of nitrogens with two attached hydrogens (primary N) is 1. The van der Waals surface area contributed by atoms with Gasteiger partial charge in [-0.3, -0.25) is 4.79 Å². The summed E-state index contributed by atoms with van der Waals surface area (Å²) >= 11 is 0. The molecule has 1 amide bonds. The molecule has 0 aromatic carbocycles. The molecule has 0 unspecified atom stereocenters. The van der Waals surface area contributed by atoms with E-state index in [0.29, 0.717) is 0 Å². The summed E-state index contributed by atoms with van der Waals surface area (Å²) in [7, 11) is 0. The molecule has 9 heavy (non-hydrogen) atoms. The van der Waals surface area contributed by atoms with E-state index in [0.717, 1.165) is 6.54 Å². The lowest BCUT2D eigenvalue weighted by Crippen LogP contribution is -2.05. The van der Waals surface area contributed by atoms with E-state index in [1.54, 1.807) is 0 Å². The van der Waals surface area contributed by atoms with Crippen LogP contribution in [0.25, 0.3) is 0 Å². The van der Waals surface area contributed by atoms with E-state index < -0.39 is 0 Å². The van der Waals surface area contributed by atoms with Crippen LogP contribution in [0.3, 0.4) is 0 Å². The minimum absolute atomic E-state index is 0.250. The van der Waals surface area contributed by atoms with Crippen LogP contribution in [0.15, 0.2) is 24.4 Å². The van der Waals surface area contributed by atoms with Crippen molar-refractivity contribution in [1.29, 1.82) is 0 Å². The van der Waals surface area contributed by atoms with Gasteiger partial charge in [0.1, 0.15) is 0 Å². The lowest BCUT2D eigenvalue weighted by molar-refractivity contribution is -0.106. The first kappa shape index (κ1) is 7.75. The Hall–Kier alpha value is -1.25. The molecule has 0 spiro atoms. The molecular weight excluding hydrogens is 116 g/mol. The second-order valence-corrected chi connectivity index (χ2v) is 1.33. The van der Waals surface area contributed by atoms with Crippen molar-refractivity contribution in [2.45, 2.75) is 0 Å². The molecular formula is C6H10N2O. The second kappa shape index (κ2) is 6.75. The third-order valence-electron chi connectivity index (χ3n) is 0.697. The molecule has 0 aromatic heterocycles. The number of carbonyl (C=O) groups is 1. The number of amides is 1. The van der Waals surface area contributed by atoms with Crippen molar-refractivity contribution in [1.82, 2.24) is 5.32 Å². The molecule has 0 atom stereocenters. The maximum absolute atomic E-state index is 8.58. The molecule has 0 aliphatic carbocycles. The molecule has 1 rings (SSSR count). The zero-order valence-corrected chi connectivity index (χ0v) is 5.08. The van der Waals surface area contributed by atoms with Gasteiger partial charge in [0.2, 0.25) is 6.41 Å². The fraction of sp³-hybridized carbons (Fsp3) is 0.167. The highest BCUT2D eigenvalue weighted by atomic mass is 16.1. The van der Waals surface area contributed by atoms with Gasteiger partial charge in [-0.25, -0.2) is 0 Å². The number of primary amides is 1. The standard InChI is InChI=1S/C5H7N.CH3NO/c1-2-4-6-5-3-1;2-1-3/h1-4,6H,5H2;1H,(H2,2,3). The average molecular weight is 126 g/mol. The Kier molecular flexibility index (Phi) is 5.81. The molecule has 0 aromatic rings. The van der Waals surface area contributed by atoms with Gasteiger partial charge >= 0.3 is 0 Å². The number of hydrogen-bond acceptors (Lipinski definition) is 2. The van der Waals surface area contributed by atoms with Gasteiger partial charge in [-0.2, -0.15) is 0 Å². The number of nitrogens with one attached hydrogen (secondary N) is 1. The quantitative estimate of drug-likeness (QED) is 0.440. The molecule has 3 N–H and O–H groups in total. The highest BCUT2D eigenvalue weighted by Gasteiger charge is 1.73. The maximum atomic E-state index is 8.58. The summed E-state index contributed by atoms with van der Waals surface area (Å²) in [4.78, 5) is 8.58. The fourth-order valence-corrected chi connectivity index (χ4v) is 0.406. The Bertz CT molecular complexity index is 106. The van der Waals surface area contributed by atoms with Crippen molar-refractivity contribution in [3.63, 3.8) is 0 Å². The minimum Gasteiger partial charge on any atom is -0.387 e. The van der Waals surface area contributed by atoms with Crippen molar-refractivity contribution in [3.8, 4) is 0 Å². The third kappa shape index (κ3) is 6.75. The van der Waals surface area contributed by atoms with E-state index >= 15 is 0 Å². The number of dihydropyridines is 1. The lowest BCUT2D eigenvalue weighted by atomic mass is 10.4. The zero-order chi connectivity index (χ0) is 6.95. The Balaban J connectivity index is 0.000000187. The van der Waals surface area contributed by atoms with Crippen LogP contribution in [0.5, 0.6) is 0 Å². The second-order valence-electron chi connectivity index (χ2n) is 1.33. The van der Waals surface area contributed by atoms with Crippen LogP contribution in [0.1, 0.15) is 0 Å². The first-order valence-electron chi connectivity index (χ1n) is 2.62. The molecule has 1 heterocycles. The lowest BCUT2D eigenvalue weighted by Gasteiger charge is -1.94. The SMILES string of the molecule is C1=CCNC=C1.NC=O. The fourth-order valence-electron chi connectivity index (χ4n) is 0.406. The van der Waals surface area contributed by atoms with Crippen molar-refractivity contribution in [2.24, 2.45) is 5.73 Å². The predicted octanol–water partition coefficient (Wildman–Crippen LogP) is -0.239. The van der Waals surface area contributed by atoms with Crippen LogP contribution >= 0.6 is 0 Å². The topological polar surface area (TPSA) is 55.1 Å². The van der Waals surface area contributed by atoms with Gasteiger partial charge in [0.05, 0.1) is 0 Å². The van der Waals surface area contributed by atoms with Crippen LogP contribution in [0, 0.1) is 0 Å². The molecule has 0 fully saturated rings. The molecule has 1 aliphatic heterocycles. The van der Waals surface area contributed by atoms with Crippen LogP contribution in [-0.4, -0.2) is 13.0 Å². The molecule has 0 saturated carbocycles. The van der Waals surface area contributed by atoms with Crippen molar-refractivity contribution < 1.29 is 4.79 Å². The average Bonchev–Trinajstić information content (AvgIpc) is 1.93. The number of allylic oxidation sites excluding steroid dienone is 2. The maximum Gasteiger partial charge on any atom is 0.204 e. The van der Waals surface area contributed by atoms with Crippen molar-refractivity contribution in [3.05, 3.63) is 24.4 Å². The summed E-state index contributed by atoms with van der Waals surface area (Å²) in [5.41, 5.74) is 4.17. The van der Waals surface area contributed by atoms with Gasteiger partial charge in [0, 0.05) is 6.54 Å². The summed E-state index contributed by atoms with van der Waals surface area (Å²) < 4.78 is 0. The summed E-state index contributed by atoms with van der Waals surface area (Å²) in [5, 5.41) is 3.02. The van der Waals surface area contributed by atoms with E-state index in [1.807, 2.05) is 18.4 Å². The van der Waals surface area contributed by atoms with E-state index in [9.17, 15) is 0 Å². The monoisotopic (exact) mass is 126 g/mol. The van der Waals surface area contributed by atoms with Gasteiger partial charge in [-0.1, -0.05) is 12.2 Å². The van der Waals surface area contributed by atoms with Crippen LogP contribution in [0.4, 0.5) is 0 Å². The molecule has 3 nitrogen and oxygen atoms in total. The molecule has 0 bridgehead atoms. The third-order valence-corrected chi connectivity index (χ3v) is 0.697. The summed E-state index contributed by atoms with van der Waals surface area (Å²) in [6.07, 6.45) is 8.25. The van der Waals surface area contributed by atoms with Crippen molar-refractivity contribution in [2.75, 3.05) is 6.54 Å². The predicted molar refractivity (Wildman–Crippen MR) is 36.5 cm³/mol. The van der Waals surface area contributed by atoms with E-state index in [2.05, 4.69) is 17.1 Å². The Morgan fingerprint density at radius 2 is 2.22 bits per heavy atom. The van der Waals surface area contributed by atoms with E-state index in [-0.39, 0.29) is 6.41 Å². The summed E-state index contributed by atoms with van der Waals surface area (Å²) in [6, 6.07) is 0. The van der Waals surface area contributed by atoms with Crippen molar-refractivity contribution >= 4 is 6.41 Å². The molecule has 1 aliphatic rings. The minimum atomic E-state index is 0.250. The number of carbonyl (C=O) groups excluding carboxylic acids is 1. The highest BCUT2D eigenvalue weighted by Crippen LogP contribution is 1.78. The van der Waals surface area contributed by atoms with Gasteiger partial charge in [0.15, 0.2) is 0 Å². The van der Waals surface area contributed by atoms with E-state index in [4.69, 9.17) is 4.79 Å². The number of rotatable bonds is 0.